The molecule has 4 heterocycles. The van der Waals surface area contributed by atoms with Crippen molar-refractivity contribution in [3.05, 3.63) is 53.4 Å². The fraction of sp³-hybridized carbons (Fsp3) is 0.409. The van der Waals surface area contributed by atoms with Crippen LogP contribution in [0.1, 0.15) is 44.2 Å². The largest absolute Gasteiger partial charge is 0.342 e. The maximum atomic E-state index is 12.8. The Bertz CT molecular complexity index is 1060. The van der Waals surface area contributed by atoms with Crippen molar-refractivity contribution in [2.75, 3.05) is 13.1 Å². The highest BCUT2D eigenvalue weighted by Gasteiger charge is 2.47. The molecule has 1 aliphatic heterocycles. The van der Waals surface area contributed by atoms with Gasteiger partial charge >= 0.3 is 0 Å². The van der Waals surface area contributed by atoms with E-state index in [0.29, 0.717) is 10.9 Å². The summed E-state index contributed by atoms with van der Waals surface area (Å²) >= 11 is 6.17. The molecular weight excluding hydrogens is 372 g/mol. The van der Waals surface area contributed by atoms with Crippen LogP contribution in [-0.4, -0.2) is 38.3 Å². The van der Waals surface area contributed by atoms with Gasteiger partial charge in [0.2, 0.25) is 5.91 Å². The van der Waals surface area contributed by atoms with Crippen molar-refractivity contribution >= 4 is 23.2 Å². The van der Waals surface area contributed by atoms with Crippen molar-refractivity contribution in [3.63, 3.8) is 0 Å². The molecule has 28 heavy (non-hydrogen) atoms. The quantitative estimate of drug-likeness (QED) is 0.654. The molecule has 2 fully saturated rings. The lowest BCUT2D eigenvalue weighted by Gasteiger charge is -2.34. The molecule has 3 aromatic rings. The summed E-state index contributed by atoms with van der Waals surface area (Å²) in [7, 11) is 0. The molecule has 0 aromatic carbocycles. The first-order valence-electron chi connectivity index (χ1n) is 9.93. The van der Waals surface area contributed by atoms with Crippen LogP contribution in [0.2, 0.25) is 5.02 Å². The van der Waals surface area contributed by atoms with Crippen LogP contribution in [0, 0.1) is 5.41 Å². The third-order valence-corrected chi connectivity index (χ3v) is 6.37. The highest BCUT2D eigenvalue weighted by atomic mass is 35.5. The second-order valence-electron chi connectivity index (χ2n) is 8.32. The fourth-order valence-electron chi connectivity index (χ4n) is 4.15. The molecule has 144 valence electrons. The molecule has 1 atom stereocenters. The lowest BCUT2D eigenvalue weighted by atomic mass is 9.92. The number of carbonyl (C=O) groups is 1. The van der Waals surface area contributed by atoms with Crippen molar-refractivity contribution in [3.8, 4) is 11.4 Å². The van der Waals surface area contributed by atoms with Gasteiger partial charge in [-0.25, -0.2) is 4.98 Å². The van der Waals surface area contributed by atoms with Crippen LogP contribution in [0.15, 0.2) is 42.7 Å². The number of halogens is 1. The zero-order valence-corrected chi connectivity index (χ0v) is 16.7. The highest BCUT2D eigenvalue weighted by Crippen LogP contribution is 2.47. The second-order valence-corrected chi connectivity index (χ2v) is 8.75. The maximum Gasteiger partial charge on any atom is 0.228 e. The van der Waals surface area contributed by atoms with Gasteiger partial charge in [-0.2, -0.15) is 0 Å². The van der Waals surface area contributed by atoms with Gasteiger partial charge in [-0.3, -0.25) is 14.2 Å². The van der Waals surface area contributed by atoms with Gasteiger partial charge in [0.05, 0.1) is 22.6 Å². The molecule has 0 bridgehead atoms. The number of amides is 1. The molecule has 5 rings (SSSR count). The number of rotatable bonds is 3. The van der Waals surface area contributed by atoms with Gasteiger partial charge in [-0.15, -0.1) is 0 Å². The summed E-state index contributed by atoms with van der Waals surface area (Å²) in [6.07, 6.45) is 7.85. The zero-order valence-electron chi connectivity index (χ0n) is 15.9. The Balaban J connectivity index is 1.43. The molecule has 3 aromatic heterocycles. The summed E-state index contributed by atoms with van der Waals surface area (Å²) in [6.45, 7) is 3.73. The molecule has 0 N–H and O–H groups in total. The van der Waals surface area contributed by atoms with E-state index in [-0.39, 0.29) is 11.3 Å². The molecular formula is C22H23ClN4O. The van der Waals surface area contributed by atoms with E-state index >= 15 is 0 Å². The molecule has 0 radical (unpaired) electrons. The number of nitrogens with zero attached hydrogens (tertiary/aromatic N) is 4. The Morgan fingerprint density at radius 2 is 2.11 bits per heavy atom. The zero-order chi connectivity index (χ0) is 19.3. The summed E-state index contributed by atoms with van der Waals surface area (Å²) < 4.78 is 1.97. The number of piperidine rings is 1. The summed E-state index contributed by atoms with van der Waals surface area (Å²) in [5, 5.41) is 0.665. The minimum Gasteiger partial charge on any atom is -0.342 e. The Morgan fingerprint density at radius 1 is 1.25 bits per heavy atom. The summed E-state index contributed by atoms with van der Waals surface area (Å²) in [6, 6.07) is 9.87. The van der Waals surface area contributed by atoms with E-state index in [1.54, 1.807) is 0 Å². The third-order valence-electron chi connectivity index (χ3n) is 6.15. The third kappa shape index (κ3) is 3.08. The fourth-order valence-corrected chi connectivity index (χ4v) is 4.31. The Hall–Kier alpha value is -2.40. The average molecular weight is 395 g/mol. The van der Waals surface area contributed by atoms with E-state index in [4.69, 9.17) is 16.6 Å². The molecule has 2 aliphatic rings. The van der Waals surface area contributed by atoms with Crippen LogP contribution in [0.4, 0.5) is 0 Å². The number of hydrogen-bond acceptors (Lipinski definition) is 3. The second kappa shape index (κ2) is 6.59. The number of fused-ring (bicyclic) bond motifs is 1. The topological polar surface area (TPSA) is 50.5 Å². The Kier molecular flexibility index (Phi) is 4.16. The van der Waals surface area contributed by atoms with E-state index in [1.807, 2.05) is 41.1 Å². The first kappa shape index (κ1) is 17.7. The van der Waals surface area contributed by atoms with Crippen molar-refractivity contribution in [2.45, 2.75) is 38.5 Å². The predicted molar refractivity (Wildman–Crippen MR) is 109 cm³/mol. The molecule has 1 unspecified atom stereocenters. The molecule has 1 amide bonds. The van der Waals surface area contributed by atoms with Gasteiger partial charge in [-0.05, 0) is 49.9 Å². The van der Waals surface area contributed by atoms with Crippen molar-refractivity contribution in [2.24, 2.45) is 5.41 Å². The van der Waals surface area contributed by atoms with Gasteiger partial charge in [0.25, 0.3) is 0 Å². The summed E-state index contributed by atoms with van der Waals surface area (Å²) in [5.41, 5.74) is 3.59. The van der Waals surface area contributed by atoms with E-state index in [1.165, 1.54) is 0 Å². The van der Waals surface area contributed by atoms with Gasteiger partial charge in [-0.1, -0.05) is 24.6 Å². The number of likely N-dealkylation sites (tertiary alicyclic amines) is 1. The SMILES string of the molecule is CC1(C(=O)N2CCCC(c3cccc(-c4cnc5ccc(Cl)cn45)n3)C2)CC1. The van der Waals surface area contributed by atoms with Crippen LogP contribution < -0.4 is 0 Å². The summed E-state index contributed by atoms with van der Waals surface area (Å²) in [4.78, 5) is 24.2. The molecule has 0 spiro atoms. The smallest absolute Gasteiger partial charge is 0.228 e. The minimum absolute atomic E-state index is 0.104. The van der Waals surface area contributed by atoms with E-state index in [2.05, 4.69) is 22.9 Å². The number of imidazole rings is 1. The minimum atomic E-state index is -0.104. The normalized spacial score (nSPS) is 21.1. The van der Waals surface area contributed by atoms with Crippen LogP contribution in [0.3, 0.4) is 0 Å². The standard InChI is InChI=1S/C22H23ClN4O/c1-22(9-10-22)21(28)26-11-3-4-15(13-26)17-5-2-6-18(25-17)19-12-24-20-8-7-16(23)14-27(19)20/h2,5-8,12,14-15H,3-4,9-11,13H2,1H3. The molecule has 5 nitrogen and oxygen atoms in total. The number of pyridine rings is 2. The molecule has 1 saturated carbocycles. The van der Waals surface area contributed by atoms with E-state index in [0.717, 1.165) is 61.5 Å². The van der Waals surface area contributed by atoms with Gasteiger partial charge in [0.1, 0.15) is 5.65 Å². The summed E-state index contributed by atoms with van der Waals surface area (Å²) in [5.74, 6) is 0.604. The monoisotopic (exact) mass is 394 g/mol. The molecule has 1 aliphatic carbocycles. The van der Waals surface area contributed by atoms with Gasteiger partial charge < -0.3 is 4.90 Å². The van der Waals surface area contributed by atoms with Crippen LogP contribution in [0.25, 0.3) is 17.0 Å². The van der Waals surface area contributed by atoms with Gasteiger partial charge in [0.15, 0.2) is 0 Å². The first-order chi connectivity index (χ1) is 13.5. The number of aromatic nitrogens is 3. The number of hydrogen-bond donors (Lipinski definition) is 0. The maximum absolute atomic E-state index is 12.8. The van der Waals surface area contributed by atoms with Crippen LogP contribution >= 0.6 is 11.6 Å². The number of carbonyl (C=O) groups excluding carboxylic acids is 1. The van der Waals surface area contributed by atoms with E-state index in [9.17, 15) is 4.79 Å². The van der Waals surface area contributed by atoms with Crippen LogP contribution in [0.5, 0.6) is 0 Å². The van der Waals surface area contributed by atoms with Crippen molar-refractivity contribution in [1.29, 1.82) is 0 Å². The van der Waals surface area contributed by atoms with E-state index < -0.39 is 0 Å². The Labute approximate surface area is 169 Å². The molecule has 1 saturated heterocycles. The molecule has 6 heteroatoms. The first-order valence-corrected chi connectivity index (χ1v) is 10.3. The highest BCUT2D eigenvalue weighted by molar-refractivity contribution is 6.30. The van der Waals surface area contributed by atoms with Crippen molar-refractivity contribution < 1.29 is 4.79 Å². The lowest BCUT2D eigenvalue weighted by Crippen LogP contribution is -2.42. The predicted octanol–water partition coefficient (Wildman–Crippen LogP) is 4.56. The van der Waals surface area contributed by atoms with Crippen molar-refractivity contribution in [1.82, 2.24) is 19.3 Å². The van der Waals surface area contributed by atoms with Crippen LogP contribution in [-0.2, 0) is 4.79 Å². The lowest BCUT2D eigenvalue weighted by molar-refractivity contribution is -0.137. The average Bonchev–Trinajstić information content (AvgIpc) is 3.34. The Morgan fingerprint density at radius 3 is 2.93 bits per heavy atom. The van der Waals surface area contributed by atoms with Gasteiger partial charge in [0, 0.05) is 36.3 Å².